The van der Waals surface area contributed by atoms with Gasteiger partial charge >= 0.3 is 0 Å². The Morgan fingerprint density at radius 1 is 0.850 bits per heavy atom. The van der Waals surface area contributed by atoms with Gasteiger partial charge in [-0.25, -0.2) is 32.0 Å². The quantitative estimate of drug-likeness (QED) is 0.326. The van der Waals surface area contributed by atoms with E-state index in [9.17, 15) is 31.2 Å². The minimum absolute atomic E-state index is 0.0214. The van der Waals surface area contributed by atoms with Crippen LogP contribution in [0.4, 0.5) is 5.69 Å². The number of hydrogen-bond donors (Lipinski definition) is 2. The van der Waals surface area contributed by atoms with E-state index in [0.717, 1.165) is 4.90 Å². The van der Waals surface area contributed by atoms with Gasteiger partial charge < -0.3 is 9.64 Å². The fraction of sp³-hybridized carbons (Fsp3) is 0.192. The molecule has 1 fully saturated rings. The number of nitrogens with two attached hydrogens (primary N) is 2. The lowest BCUT2D eigenvalue weighted by Crippen LogP contribution is -2.48. The van der Waals surface area contributed by atoms with Crippen molar-refractivity contribution in [1.29, 1.82) is 0 Å². The Morgan fingerprint density at radius 3 is 1.95 bits per heavy atom. The maximum absolute atomic E-state index is 13.4. The van der Waals surface area contributed by atoms with E-state index in [4.69, 9.17) is 15.0 Å². The Morgan fingerprint density at radius 2 is 1.40 bits per heavy atom. The molecule has 0 aliphatic carbocycles. The van der Waals surface area contributed by atoms with Crippen LogP contribution in [0, 0.1) is 0 Å². The number of benzene rings is 3. The van der Waals surface area contributed by atoms with E-state index in [2.05, 4.69) is 0 Å². The molecular weight excluding hydrogens is 560 g/mol. The van der Waals surface area contributed by atoms with Crippen LogP contribution in [0.2, 0.25) is 0 Å². The van der Waals surface area contributed by atoms with Gasteiger partial charge in [-0.3, -0.25) is 14.4 Å². The average molecular weight is 587 g/mol. The molecule has 0 saturated carbocycles. The summed E-state index contributed by atoms with van der Waals surface area (Å²) in [4.78, 5) is 41.6. The smallest absolute Gasteiger partial charge is 0.261 e. The van der Waals surface area contributed by atoms with Gasteiger partial charge in [-0.15, -0.1) is 0 Å². The Labute approximate surface area is 231 Å². The second kappa shape index (κ2) is 11.6. The number of anilines is 1. The van der Waals surface area contributed by atoms with Crippen molar-refractivity contribution in [3.05, 3.63) is 84.4 Å². The van der Waals surface area contributed by atoms with Crippen LogP contribution in [0.25, 0.3) is 0 Å². The van der Waals surface area contributed by atoms with Crippen molar-refractivity contribution in [2.45, 2.75) is 28.7 Å². The van der Waals surface area contributed by atoms with Crippen LogP contribution in [0.1, 0.15) is 12.0 Å². The number of amides is 3. The Bertz CT molecular complexity index is 1630. The predicted octanol–water partition coefficient (Wildman–Crippen LogP) is 0.764. The lowest BCUT2D eigenvalue weighted by molar-refractivity contribution is -0.140. The number of nitrogens with zero attached hydrogens (tertiary/aromatic N) is 2. The molecule has 0 aromatic heterocycles. The summed E-state index contributed by atoms with van der Waals surface area (Å²) in [5.41, 5.74) is 0.804. The highest BCUT2D eigenvalue weighted by atomic mass is 32.2. The first-order valence-electron chi connectivity index (χ1n) is 11.9. The van der Waals surface area contributed by atoms with E-state index in [1.54, 1.807) is 42.5 Å². The van der Waals surface area contributed by atoms with Crippen LogP contribution in [0.5, 0.6) is 5.75 Å². The fourth-order valence-corrected chi connectivity index (χ4v) is 5.24. The van der Waals surface area contributed by atoms with Gasteiger partial charge in [0.1, 0.15) is 11.8 Å². The molecule has 4 N–H and O–H groups in total. The summed E-state index contributed by atoms with van der Waals surface area (Å²) in [6.45, 7) is -0.372. The summed E-state index contributed by atoms with van der Waals surface area (Å²) in [7, 11) is -7.85. The number of ether oxygens (including phenoxy) is 1. The summed E-state index contributed by atoms with van der Waals surface area (Å²) in [5.74, 6) is -1.33. The predicted molar refractivity (Wildman–Crippen MR) is 144 cm³/mol. The topological polar surface area (TPSA) is 187 Å². The largest absolute Gasteiger partial charge is 0.484 e. The molecule has 14 heteroatoms. The normalized spacial score (nSPS) is 15.8. The van der Waals surface area contributed by atoms with Gasteiger partial charge in [-0.05, 0) is 60.5 Å². The van der Waals surface area contributed by atoms with E-state index in [1.807, 2.05) is 0 Å². The third kappa shape index (κ3) is 6.71. The van der Waals surface area contributed by atoms with Crippen LogP contribution in [-0.4, -0.2) is 58.7 Å². The molecule has 1 saturated heterocycles. The van der Waals surface area contributed by atoms with Crippen LogP contribution in [0.15, 0.2) is 88.7 Å². The highest BCUT2D eigenvalue weighted by Gasteiger charge is 2.44. The third-order valence-corrected chi connectivity index (χ3v) is 8.10. The first-order chi connectivity index (χ1) is 18.8. The number of carbonyl (C=O) groups is 3. The Hall–Kier alpha value is -4.11. The standard InChI is InChI=1S/C26H26N4O8S2/c27-39(34,35)21-10-6-18(7-11-21)14-15-29(25(32)17-38-20-4-2-1-3-5-20)23-16-24(31)30(26(23)33)19-8-12-22(13-9-19)40(28,36)37/h1-13,23H,14-17H2,(H2,27,34,35)(H2,28,36,37). The molecule has 0 spiro atoms. The minimum atomic E-state index is -3.98. The lowest BCUT2D eigenvalue weighted by atomic mass is 10.1. The van der Waals surface area contributed by atoms with E-state index < -0.39 is 50.4 Å². The van der Waals surface area contributed by atoms with E-state index in [0.29, 0.717) is 11.3 Å². The molecule has 4 rings (SSSR count). The molecule has 40 heavy (non-hydrogen) atoms. The minimum Gasteiger partial charge on any atom is -0.484 e. The molecular formula is C26H26N4O8S2. The first-order valence-corrected chi connectivity index (χ1v) is 15.0. The molecule has 1 aliphatic rings. The summed E-state index contributed by atoms with van der Waals surface area (Å²) < 4.78 is 51.8. The summed E-state index contributed by atoms with van der Waals surface area (Å²) in [5, 5.41) is 10.3. The molecule has 12 nitrogen and oxygen atoms in total. The van der Waals surface area contributed by atoms with Gasteiger partial charge in [-0.2, -0.15) is 0 Å². The number of imide groups is 1. The number of carbonyl (C=O) groups excluding carboxylic acids is 3. The fourth-order valence-electron chi connectivity index (χ4n) is 4.21. The molecule has 3 aromatic carbocycles. The molecule has 1 aliphatic heterocycles. The molecule has 1 unspecified atom stereocenters. The van der Waals surface area contributed by atoms with Crippen LogP contribution >= 0.6 is 0 Å². The second-order valence-electron chi connectivity index (χ2n) is 8.95. The molecule has 1 atom stereocenters. The zero-order valence-electron chi connectivity index (χ0n) is 21.0. The van der Waals surface area contributed by atoms with Crippen LogP contribution in [0.3, 0.4) is 0 Å². The number of para-hydroxylation sites is 1. The maximum Gasteiger partial charge on any atom is 0.261 e. The van der Waals surface area contributed by atoms with Crippen molar-refractivity contribution in [2.75, 3.05) is 18.1 Å². The van der Waals surface area contributed by atoms with Crippen molar-refractivity contribution in [3.63, 3.8) is 0 Å². The molecule has 3 amide bonds. The van der Waals surface area contributed by atoms with Crippen LogP contribution in [-0.2, 0) is 40.9 Å². The third-order valence-electron chi connectivity index (χ3n) is 6.24. The second-order valence-corrected chi connectivity index (χ2v) is 12.1. The number of hydrogen-bond acceptors (Lipinski definition) is 8. The molecule has 0 bridgehead atoms. The molecule has 0 radical (unpaired) electrons. The van der Waals surface area contributed by atoms with Crippen molar-refractivity contribution in [3.8, 4) is 5.75 Å². The monoisotopic (exact) mass is 586 g/mol. The van der Waals surface area contributed by atoms with Gasteiger partial charge in [0.2, 0.25) is 26.0 Å². The lowest BCUT2D eigenvalue weighted by Gasteiger charge is -2.28. The number of rotatable bonds is 10. The van der Waals surface area contributed by atoms with Gasteiger partial charge in [0, 0.05) is 6.54 Å². The molecule has 3 aromatic rings. The molecule has 1 heterocycles. The van der Waals surface area contributed by atoms with E-state index in [-0.39, 0.29) is 34.9 Å². The summed E-state index contributed by atoms with van der Waals surface area (Å²) in [6, 6.07) is 18.2. The highest BCUT2D eigenvalue weighted by Crippen LogP contribution is 2.27. The van der Waals surface area contributed by atoms with Gasteiger partial charge in [0.25, 0.3) is 11.8 Å². The SMILES string of the molecule is NS(=O)(=O)c1ccc(CCN(C(=O)COc2ccccc2)C2CC(=O)N(c3ccc(S(N)(=O)=O)cc3)C2=O)cc1. The van der Waals surface area contributed by atoms with Crippen LogP contribution < -0.4 is 19.9 Å². The maximum atomic E-state index is 13.4. The van der Waals surface area contributed by atoms with E-state index >= 15 is 0 Å². The summed E-state index contributed by atoms with van der Waals surface area (Å²) >= 11 is 0. The zero-order valence-corrected chi connectivity index (χ0v) is 22.7. The molecule has 210 valence electrons. The van der Waals surface area contributed by atoms with Crippen molar-refractivity contribution in [2.24, 2.45) is 10.3 Å². The van der Waals surface area contributed by atoms with E-state index in [1.165, 1.54) is 41.3 Å². The first kappa shape index (κ1) is 28.9. The Balaban J connectivity index is 1.56. The van der Waals surface area contributed by atoms with Crippen molar-refractivity contribution < 1.29 is 36.0 Å². The Kier molecular flexibility index (Phi) is 8.34. The number of primary sulfonamides is 2. The van der Waals surface area contributed by atoms with Crippen molar-refractivity contribution in [1.82, 2.24) is 4.90 Å². The highest BCUT2D eigenvalue weighted by molar-refractivity contribution is 7.89. The summed E-state index contributed by atoms with van der Waals surface area (Å²) in [6.07, 6.45) is -0.0553. The van der Waals surface area contributed by atoms with Gasteiger partial charge in [0.15, 0.2) is 6.61 Å². The number of sulfonamides is 2. The average Bonchev–Trinajstić information content (AvgIpc) is 3.20. The van der Waals surface area contributed by atoms with Crippen molar-refractivity contribution >= 4 is 43.5 Å². The zero-order chi connectivity index (χ0) is 29.1. The van der Waals surface area contributed by atoms with Gasteiger partial charge in [-0.1, -0.05) is 30.3 Å². The van der Waals surface area contributed by atoms with Gasteiger partial charge in [0.05, 0.1) is 21.9 Å².